The fourth-order valence-electron chi connectivity index (χ4n) is 3.17. The van der Waals surface area contributed by atoms with Crippen LogP contribution >= 0.6 is 0 Å². The second-order valence-electron chi connectivity index (χ2n) is 11.7. The molecule has 0 bridgehead atoms. The van der Waals surface area contributed by atoms with Crippen LogP contribution in [-0.4, -0.2) is 36.4 Å². The van der Waals surface area contributed by atoms with Crippen LogP contribution in [-0.2, 0) is 32.6 Å². The van der Waals surface area contributed by atoms with E-state index in [9.17, 15) is 30.0 Å². The van der Waals surface area contributed by atoms with Crippen molar-refractivity contribution in [1.29, 1.82) is 0 Å². The van der Waals surface area contributed by atoms with Gasteiger partial charge in [0.1, 0.15) is 10.6 Å². The van der Waals surface area contributed by atoms with Crippen molar-refractivity contribution in [3.63, 3.8) is 0 Å². The van der Waals surface area contributed by atoms with Gasteiger partial charge >= 0.3 is 6.18 Å². The fraction of sp³-hybridized carbons (Fsp3) is 0.520. The van der Waals surface area contributed by atoms with Gasteiger partial charge in [-0.25, -0.2) is 21.6 Å². The SMILES string of the molecule is CC(C)(C)NS(=O)(=O)c1ccccc1NS(=O)(=O)CCc1ccc(C(F)(F)F)cc1O[Si](C)(C)C(C)(C)C. The van der Waals surface area contributed by atoms with Crippen LogP contribution in [0.25, 0.3) is 0 Å². The Bertz CT molecular complexity index is 1360. The second-order valence-corrected chi connectivity index (χ2v) is 19.9. The lowest BCUT2D eigenvalue weighted by Crippen LogP contribution is -2.44. The lowest BCUT2D eigenvalue weighted by atomic mass is 10.1. The van der Waals surface area contributed by atoms with Crippen LogP contribution in [0.1, 0.15) is 52.7 Å². The molecule has 0 saturated heterocycles. The summed E-state index contributed by atoms with van der Waals surface area (Å²) in [6, 6.07) is 8.62. The molecule has 2 aromatic rings. The van der Waals surface area contributed by atoms with Crippen molar-refractivity contribution in [3.05, 3.63) is 53.6 Å². The van der Waals surface area contributed by atoms with Gasteiger partial charge in [-0.3, -0.25) is 4.72 Å². The van der Waals surface area contributed by atoms with Crippen LogP contribution in [0, 0.1) is 0 Å². The molecule has 0 fully saturated rings. The van der Waals surface area contributed by atoms with E-state index in [1.807, 2.05) is 33.9 Å². The van der Waals surface area contributed by atoms with Gasteiger partial charge in [0, 0.05) is 5.54 Å². The van der Waals surface area contributed by atoms with Crippen LogP contribution in [0.5, 0.6) is 5.75 Å². The van der Waals surface area contributed by atoms with Gasteiger partial charge in [-0.15, -0.1) is 0 Å². The summed E-state index contributed by atoms with van der Waals surface area (Å²) >= 11 is 0. The summed E-state index contributed by atoms with van der Waals surface area (Å²) in [6.45, 7) is 14.6. The number of hydrogen-bond donors (Lipinski definition) is 2. The first-order valence-corrected chi connectivity index (χ1v) is 18.0. The molecule has 0 spiro atoms. The quantitative estimate of drug-likeness (QED) is 0.339. The van der Waals surface area contributed by atoms with E-state index in [4.69, 9.17) is 4.43 Å². The van der Waals surface area contributed by atoms with E-state index < -0.39 is 51.4 Å². The molecule has 0 unspecified atom stereocenters. The monoisotopic (exact) mass is 594 g/mol. The predicted molar refractivity (Wildman–Crippen MR) is 147 cm³/mol. The van der Waals surface area contributed by atoms with Crippen molar-refractivity contribution >= 4 is 34.1 Å². The number of rotatable bonds is 9. The molecule has 2 N–H and O–H groups in total. The summed E-state index contributed by atoms with van der Waals surface area (Å²) in [4.78, 5) is -0.241. The third-order valence-corrected chi connectivity index (χ3v) is 13.5. The Morgan fingerprint density at radius 1 is 0.895 bits per heavy atom. The molecule has 0 saturated carbocycles. The number of alkyl halides is 3. The smallest absolute Gasteiger partial charge is 0.416 e. The Morgan fingerprint density at radius 3 is 2.00 bits per heavy atom. The van der Waals surface area contributed by atoms with Crippen LogP contribution < -0.4 is 13.9 Å². The zero-order valence-corrected chi connectivity index (χ0v) is 25.6. The largest absolute Gasteiger partial charge is 0.543 e. The van der Waals surface area contributed by atoms with E-state index in [0.29, 0.717) is 5.56 Å². The number of hydrogen-bond acceptors (Lipinski definition) is 5. The first-order chi connectivity index (χ1) is 16.9. The normalized spacial score (nSPS) is 13.9. The maximum Gasteiger partial charge on any atom is 0.416 e. The highest BCUT2D eigenvalue weighted by atomic mass is 32.2. The third kappa shape index (κ3) is 8.72. The minimum atomic E-state index is -4.59. The number of anilines is 1. The van der Waals surface area contributed by atoms with Gasteiger partial charge in [0.2, 0.25) is 28.4 Å². The number of sulfonamides is 2. The topological polar surface area (TPSA) is 102 Å². The summed E-state index contributed by atoms with van der Waals surface area (Å²) in [7, 11) is -10.7. The maximum absolute atomic E-state index is 13.4. The standard InChI is InChI=1S/C25H37F3N2O5S2Si/c1-23(2,3)30-37(33,34)22-12-10-9-11-20(22)29-36(31,32)16-15-18-13-14-19(25(26,27)28)17-21(18)35-38(7,8)24(4,5)6/h9-14,17,29-30H,15-16H2,1-8H3. The average molecular weight is 595 g/mol. The summed E-state index contributed by atoms with van der Waals surface area (Å²) in [6.07, 6.45) is -4.74. The molecule has 0 amide bonds. The number of halogens is 3. The minimum absolute atomic E-state index is 0.000952. The van der Waals surface area contributed by atoms with Gasteiger partial charge in [-0.05, 0) is 75.2 Å². The Morgan fingerprint density at radius 2 is 1.47 bits per heavy atom. The third-order valence-electron chi connectivity index (χ3n) is 6.09. The molecular formula is C25H37F3N2O5S2Si. The van der Waals surface area contributed by atoms with E-state index in [1.165, 1.54) is 30.3 Å². The van der Waals surface area contributed by atoms with Crippen LogP contribution in [0.15, 0.2) is 47.4 Å². The number of nitrogens with one attached hydrogen (secondary N) is 2. The highest BCUT2D eigenvalue weighted by Gasteiger charge is 2.40. The lowest BCUT2D eigenvalue weighted by Gasteiger charge is -2.37. The Balaban J connectivity index is 2.37. The predicted octanol–water partition coefficient (Wildman–Crippen LogP) is 6.15. The van der Waals surface area contributed by atoms with E-state index in [2.05, 4.69) is 9.44 Å². The molecule has 0 aromatic heterocycles. The van der Waals surface area contributed by atoms with E-state index >= 15 is 0 Å². The minimum Gasteiger partial charge on any atom is -0.543 e. The molecular weight excluding hydrogens is 557 g/mol. The Labute approximate surface area is 225 Å². The van der Waals surface area contributed by atoms with Gasteiger partial charge in [-0.2, -0.15) is 13.2 Å². The van der Waals surface area contributed by atoms with Crippen LogP contribution in [0.3, 0.4) is 0 Å². The summed E-state index contributed by atoms with van der Waals surface area (Å²) < 4.78 is 103. The van der Waals surface area contributed by atoms with Crippen molar-refractivity contribution in [3.8, 4) is 5.75 Å². The molecule has 0 aliphatic carbocycles. The molecule has 38 heavy (non-hydrogen) atoms. The zero-order valence-electron chi connectivity index (χ0n) is 22.9. The highest BCUT2D eigenvalue weighted by molar-refractivity contribution is 7.93. The molecule has 0 atom stereocenters. The molecule has 13 heteroatoms. The van der Waals surface area contributed by atoms with E-state index in [0.717, 1.165) is 12.1 Å². The molecule has 0 aliphatic heterocycles. The number of benzene rings is 2. The molecule has 2 rings (SSSR count). The van der Waals surface area contributed by atoms with Gasteiger partial charge < -0.3 is 4.43 Å². The highest BCUT2D eigenvalue weighted by Crippen LogP contribution is 2.40. The first-order valence-electron chi connectivity index (χ1n) is 12.0. The second kappa shape index (κ2) is 10.8. The fourth-order valence-corrected chi connectivity index (χ4v) is 6.96. The first kappa shape index (κ1) is 32.1. The number of para-hydroxylation sites is 1. The molecule has 214 valence electrons. The molecule has 2 aromatic carbocycles. The summed E-state index contributed by atoms with van der Waals surface area (Å²) in [5, 5.41) is -0.303. The van der Waals surface area contributed by atoms with Crippen LogP contribution in [0.4, 0.5) is 18.9 Å². The van der Waals surface area contributed by atoms with Crippen molar-refractivity contribution in [2.45, 2.75) is 82.7 Å². The molecule has 0 aliphatic rings. The zero-order chi connectivity index (χ0) is 29.4. The summed E-state index contributed by atoms with van der Waals surface area (Å²) in [5.41, 5.74) is -1.51. The molecule has 0 heterocycles. The maximum atomic E-state index is 13.4. The summed E-state index contributed by atoms with van der Waals surface area (Å²) in [5.74, 6) is -0.508. The van der Waals surface area contributed by atoms with Crippen molar-refractivity contribution in [1.82, 2.24) is 4.72 Å². The Hall–Kier alpha value is -2.09. The van der Waals surface area contributed by atoms with Gasteiger partial charge in [0.25, 0.3) is 0 Å². The van der Waals surface area contributed by atoms with Crippen molar-refractivity contribution in [2.24, 2.45) is 0 Å². The van der Waals surface area contributed by atoms with Gasteiger partial charge in [0.05, 0.1) is 17.0 Å². The average Bonchev–Trinajstić information content (AvgIpc) is 2.69. The van der Waals surface area contributed by atoms with Crippen molar-refractivity contribution in [2.75, 3.05) is 10.5 Å². The van der Waals surface area contributed by atoms with Crippen molar-refractivity contribution < 1.29 is 34.4 Å². The number of aryl methyl sites for hydroxylation is 1. The van der Waals surface area contributed by atoms with E-state index in [-0.39, 0.29) is 27.8 Å². The molecule has 0 radical (unpaired) electrons. The van der Waals surface area contributed by atoms with Crippen LogP contribution in [0.2, 0.25) is 18.1 Å². The van der Waals surface area contributed by atoms with Gasteiger partial charge in [0.15, 0.2) is 0 Å². The van der Waals surface area contributed by atoms with Gasteiger partial charge in [-0.1, -0.05) is 39.0 Å². The Kier molecular flexibility index (Phi) is 9.14. The van der Waals surface area contributed by atoms with E-state index in [1.54, 1.807) is 20.8 Å². The molecule has 7 nitrogen and oxygen atoms in total. The lowest BCUT2D eigenvalue weighted by molar-refractivity contribution is -0.137.